The maximum absolute atomic E-state index is 12.0. The number of rotatable bonds is 1. The van der Waals surface area contributed by atoms with Crippen molar-refractivity contribution in [3.63, 3.8) is 0 Å². The topological polar surface area (TPSA) is 39.4 Å². The van der Waals surface area contributed by atoms with E-state index in [1.807, 2.05) is 24.3 Å². The highest BCUT2D eigenvalue weighted by Crippen LogP contribution is 2.35. The van der Waals surface area contributed by atoms with Crippen molar-refractivity contribution in [2.45, 2.75) is 12.5 Å². The summed E-state index contributed by atoms with van der Waals surface area (Å²) in [6.45, 7) is 0.236. The first kappa shape index (κ1) is 10.4. The molecule has 1 aromatic carbocycles. The molecule has 0 spiro atoms. The first-order valence-corrected chi connectivity index (χ1v) is 5.76. The fraction of sp³-hybridized carbons (Fsp3) is 0.154. The van der Waals surface area contributed by atoms with Crippen LogP contribution in [-0.2, 0) is 12.5 Å². The summed E-state index contributed by atoms with van der Waals surface area (Å²) in [5, 5.41) is 0. The highest BCUT2D eigenvalue weighted by Gasteiger charge is 2.22. The second-order valence-electron chi connectivity index (χ2n) is 3.82. The third-order valence-corrected chi connectivity index (χ3v) is 3.09. The Morgan fingerprint density at radius 2 is 2.12 bits per heavy atom. The number of para-hydroxylation sites is 1. The van der Waals surface area contributed by atoms with Crippen LogP contribution in [0.3, 0.4) is 0 Å². The van der Waals surface area contributed by atoms with Crippen molar-refractivity contribution in [1.29, 1.82) is 0 Å². The van der Waals surface area contributed by atoms with E-state index in [0.717, 1.165) is 11.3 Å². The molecule has 1 aliphatic rings. The summed E-state index contributed by atoms with van der Waals surface area (Å²) in [6.07, 6.45) is 1.43. The standard InChI is InChI=1S/C13H9ClO3/c14-5-8-6-17-13-9-3-1-2-4-11(9)16-7-10(13)12(8)15/h1-4,6H,5,7H2. The van der Waals surface area contributed by atoms with Crippen molar-refractivity contribution in [3.8, 4) is 17.1 Å². The quantitative estimate of drug-likeness (QED) is 0.729. The number of halogens is 1. The van der Waals surface area contributed by atoms with Gasteiger partial charge in [-0.05, 0) is 12.1 Å². The van der Waals surface area contributed by atoms with Crippen LogP contribution in [-0.4, -0.2) is 0 Å². The number of benzene rings is 1. The molecule has 3 rings (SSSR count). The number of hydrogen-bond acceptors (Lipinski definition) is 3. The molecular weight excluding hydrogens is 240 g/mol. The van der Waals surface area contributed by atoms with Crippen molar-refractivity contribution in [3.05, 3.63) is 51.9 Å². The van der Waals surface area contributed by atoms with Gasteiger partial charge in [0.2, 0.25) is 0 Å². The molecular formula is C13H9ClO3. The van der Waals surface area contributed by atoms with Crippen molar-refractivity contribution < 1.29 is 9.15 Å². The van der Waals surface area contributed by atoms with Crippen LogP contribution < -0.4 is 10.2 Å². The zero-order valence-electron chi connectivity index (χ0n) is 8.90. The Hall–Kier alpha value is -1.74. The largest absolute Gasteiger partial charge is 0.488 e. The van der Waals surface area contributed by atoms with Crippen LogP contribution in [0.15, 0.2) is 39.7 Å². The molecule has 2 heterocycles. The Morgan fingerprint density at radius 3 is 2.94 bits per heavy atom. The van der Waals surface area contributed by atoms with E-state index in [9.17, 15) is 4.79 Å². The van der Waals surface area contributed by atoms with E-state index in [0.29, 0.717) is 16.9 Å². The number of ether oxygens (including phenoxy) is 1. The Kier molecular flexibility index (Phi) is 2.41. The molecule has 17 heavy (non-hydrogen) atoms. The van der Waals surface area contributed by atoms with Crippen LogP contribution in [0, 0.1) is 0 Å². The monoisotopic (exact) mass is 248 g/mol. The molecule has 0 saturated heterocycles. The average molecular weight is 249 g/mol. The van der Waals surface area contributed by atoms with Gasteiger partial charge in [-0.15, -0.1) is 11.6 Å². The van der Waals surface area contributed by atoms with Crippen molar-refractivity contribution in [2.75, 3.05) is 0 Å². The van der Waals surface area contributed by atoms with E-state index >= 15 is 0 Å². The molecule has 3 nitrogen and oxygen atoms in total. The second-order valence-corrected chi connectivity index (χ2v) is 4.08. The fourth-order valence-electron chi connectivity index (χ4n) is 1.93. The molecule has 0 atom stereocenters. The highest BCUT2D eigenvalue weighted by atomic mass is 35.5. The van der Waals surface area contributed by atoms with E-state index in [2.05, 4.69) is 0 Å². The molecule has 0 amide bonds. The maximum Gasteiger partial charge on any atom is 0.196 e. The van der Waals surface area contributed by atoms with Gasteiger partial charge in [0.15, 0.2) is 5.43 Å². The lowest BCUT2D eigenvalue weighted by Gasteiger charge is -2.18. The van der Waals surface area contributed by atoms with Gasteiger partial charge in [0.1, 0.15) is 18.1 Å². The van der Waals surface area contributed by atoms with E-state index in [4.69, 9.17) is 20.8 Å². The molecule has 0 saturated carbocycles. The summed E-state index contributed by atoms with van der Waals surface area (Å²) in [5.41, 5.74) is 1.73. The van der Waals surface area contributed by atoms with Crippen LogP contribution in [0.5, 0.6) is 5.75 Å². The van der Waals surface area contributed by atoms with E-state index < -0.39 is 0 Å². The SMILES string of the molecule is O=c1c(CCl)coc2c1COc1ccccc1-2. The average Bonchev–Trinajstić information content (AvgIpc) is 2.39. The third-order valence-electron chi connectivity index (χ3n) is 2.81. The summed E-state index contributed by atoms with van der Waals surface area (Å²) < 4.78 is 11.0. The number of alkyl halides is 1. The first-order chi connectivity index (χ1) is 8.31. The zero-order valence-corrected chi connectivity index (χ0v) is 9.66. The summed E-state index contributed by atoms with van der Waals surface area (Å²) in [5.74, 6) is 1.48. The van der Waals surface area contributed by atoms with E-state index in [1.54, 1.807) is 0 Å². The van der Waals surface area contributed by atoms with Gasteiger partial charge in [-0.2, -0.15) is 0 Å². The summed E-state index contributed by atoms with van der Waals surface area (Å²) in [7, 11) is 0. The summed E-state index contributed by atoms with van der Waals surface area (Å²) >= 11 is 5.67. The summed E-state index contributed by atoms with van der Waals surface area (Å²) in [6, 6.07) is 7.49. The molecule has 1 aliphatic heterocycles. The van der Waals surface area contributed by atoms with Gasteiger partial charge >= 0.3 is 0 Å². The molecule has 4 heteroatoms. The molecule has 0 N–H and O–H groups in total. The Balaban J connectivity index is 2.28. The van der Waals surface area contributed by atoms with Crippen molar-refractivity contribution >= 4 is 11.6 Å². The van der Waals surface area contributed by atoms with Gasteiger partial charge in [-0.25, -0.2) is 0 Å². The van der Waals surface area contributed by atoms with Gasteiger partial charge in [0.05, 0.1) is 23.3 Å². The molecule has 0 unspecified atom stereocenters. The summed E-state index contributed by atoms with van der Waals surface area (Å²) in [4.78, 5) is 12.0. The molecule has 0 bridgehead atoms. The van der Waals surface area contributed by atoms with Gasteiger partial charge < -0.3 is 9.15 Å². The normalized spacial score (nSPS) is 12.5. The first-order valence-electron chi connectivity index (χ1n) is 5.23. The minimum Gasteiger partial charge on any atom is -0.488 e. The van der Waals surface area contributed by atoms with Gasteiger partial charge in [0, 0.05) is 5.56 Å². The van der Waals surface area contributed by atoms with E-state index in [-0.39, 0.29) is 17.9 Å². The number of hydrogen-bond donors (Lipinski definition) is 0. The predicted octanol–water partition coefficient (Wildman–Crippen LogP) is 2.94. The van der Waals surface area contributed by atoms with Crippen LogP contribution in [0.25, 0.3) is 11.3 Å². The second kappa shape index (κ2) is 3.93. The molecule has 0 fully saturated rings. The van der Waals surface area contributed by atoms with Crippen LogP contribution >= 0.6 is 11.6 Å². The van der Waals surface area contributed by atoms with Gasteiger partial charge in [-0.3, -0.25) is 4.79 Å². The molecule has 1 aromatic heterocycles. The zero-order chi connectivity index (χ0) is 11.8. The Labute approximate surface area is 103 Å². The van der Waals surface area contributed by atoms with Crippen LogP contribution in [0.2, 0.25) is 0 Å². The lowest BCUT2D eigenvalue weighted by molar-refractivity contribution is 0.293. The van der Waals surface area contributed by atoms with Crippen molar-refractivity contribution in [1.82, 2.24) is 0 Å². The molecule has 2 aromatic rings. The van der Waals surface area contributed by atoms with Gasteiger partial charge in [0.25, 0.3) is 0 Å². The minimum absolute atomic E-state index is 0.0873. The van der Waals surface area contributed by atoms with Crippen molar-refractivity contribution in [2.24, 2.45) is 0 Å². The Bertz CT molecular complexity index is 631. The van der Waals surface area contributed by atoms with Crippen LogP contribution in [0.4, 0.5) is 0 Å². The Morgan fingerprint density at radius 1 is 1.29 bits per heavy atom. The lowest BCUT2D eigenvalue weighted by Crippen LogP contribution is -2.19. The fourth-order valence-corrected chi connectivity index (χ4v) is 2.12. The van der Waals surface area contributed by atoms with Gasteiger partial charge in [-0.1, -0.05) is 12.1 Å². The highest BCUT2D eigenvalue weighted by molar-refractivity contribution is 6.17. The molecule has 0 aliphatic carbocycles. The predicted molar refractivity (Wildman–Crippen MR) is 64.3 cm³/mol. The maximum atomic E-state index is 12.0. The molecule has 0 radical (unpaired) electrons. The number of fused-ring (bicyclic) bond motifs is 3. The lowest BCUT2D eigenvalue weighted by atomic mass is 10.0. The van der Waals surface area contributed by atoms with Crippen LogP contribution in [0.1, 0.15) is 11.1 Å². The molecule has 86 valence electrons. The third kappa shape index (κ3) is 1.54. The van der Waals surface area contributed by atoms with E-state index in [1.165, 1.54) is 6.26 Å². The minimum atomic E-state index is -0.0873. The smallest absolute Gasteiger partial charge is 0.196 e.